The van der Waals surface area contributed by atoms with Crippen LogP contribution in [0.5, 0.6) is 5.75 Å². The predicted octanol–water partition coefficient (Wildman–Crippen LogP) is 3.41. The molecule has 4 nitrogen and oxygen atoms in total. The van der Waals surface area contributed by atoms with Gasteiger partial charge in [-0.1, -0.05) is 12.1 Å². The Hall–Kier alpha value is -1.85. The lowest BCUT2D eigenvalue weighted by Crippen LogP contribution is -2.22. The van der Waals surface area contributed by atoms with E-state index in [2.05, 4.69) is 12.2 Å². The normalized spacial score (nSPS) is 21.4. The van der Waals surface area contributed by atoms with E-state index in [0.717, 1.165) is 34.4 Å². The molecule has 5 heteroatoms. The molecule has 0 bridgehead atoms. The van der Waals surface area contributed by atoms with E-state index in [4.69, 9.17) is 4.74 Å². The molecule has 0 radical (unpaired) electrons. The van der Waals surface area contributed by atoms with Crippen LogP contribution in [-0.2, 0) is 13.0 Å². The number of carbonyl (C=O) groups is 1. The van der Waals surface area contributed by atoms with Gasteiger partial charge in [0.2, 0.25) is 0 Å². The number of rotatable bonds is 6. The second kappa shape index (κ2) is 6.46. The van der Waals surface area contributed by atoms with Gasteiger partial charge in [-0.05, 0) is 67.3 Å². The summed E-state index contributed by atoms with van der Waals surface area (Å²) in [7, 11) is 0. The molecule has 2 aliphatic carbocycles. The summed E-state index contributed by atoms with van der Waals surface area (Å²) in [5.41, 5.74) is 3.81. The highest BCUT2D eigenvalue weighted by Crippen LogP contribution is 2.59. The van der Waals surface area contributed by atoms with E-state index >= 15 is 0 Å². The average Bonchev–Trinajstić information content (AvgIpc) is 3.12. The van der Waals surface area contributed by atoms with Gasteiger partial charge in [0.25, 0.3) is 5.91 Å². The van der Waals surface area contributed by atoms with Crippen molar-refractivity contribution in [1.82, 2.24) is 5.32 Å². The topological polar surface area (TPSA) is 58.6 Å². The van der Waals surface area contributed by atoms with Crippen LogP contribution in [0.1, 0.15) is 50.5 Å². The van der Waals surface area contributed by atoms with Crippen molar-refractivity contribution < 1.29 is 14.6 Å². The summed E-state index contributed by atoms with van der Waals surface area (Å²) in [5.74, 6) is 2.31. The fourth-order valence-corrected chi connectivity index (χ4v) is 4.92. The highest BCUT2D eigenvalue weighted by molar-refractivity contribution is 7.14. The van der Waals surface area contributed by atoms with Crippen LogP contribution in [0.15, 0.2) is 24.3 Å². The van der Waals surface area contributed by atoms with Crippen LogP contribution in [0.4, 0.5) is 0 Å². The number of benzene rings is 1. The summed E-state index contributed by atoms with van der Waals surface area (Å²) >= 11 is 1.65. The lowest BCUT2D eigenvalue weighted by molar-refractivity contribution is 0.0954. The van der Waals surface area contributed by atoms with Crippen LogP contribution in [0.2, 0.25) is 0 Å². The standard InChI is InChI=1S/C20H23NO3S/c1-11(22)10-24-15-5-3-13(4-6-15)9-21-20(23)19-17-8-14-7-16(14)18(17)12(2)25-19/h3-6,11,14,16,22H,7-10H2,1-2H3,(H,21,23)/t11?,14-,16-/m1/s1. The van der Waals surface area contributed by atoms with E-state index in [1.807, 2.05) is 24.3 Å². The Balaban J connectivity index is 1.36. The van der Waals surface area contributed by atoms with Crippen LogP contribution in [0.25, 0.3) is 0 Å². The minimum atomic E-state index is -0.485. The van der Waals surface area contributed by atoms with E-state index in [9.17, 15) is 9.90 Å². The first kappa shape index (κ1) is 16.6. The van der Waals surface area contributed by atoms with Gasteiger partial charge in [-0.3, -0.25) is 4.79 Å². The van der Waals surface area contributed by atoms with Gasteiger partial charge in [0.15, 0.2) is 0 Å². The number of hydrogen-bond acceptors (Lipinski definition) is 4. The quantitative estimate of drug-likeness (QED) is 0.833. The molecule has 0 saturated heterocycles. The molecule has 1 amide bonds. The molecular formula is C20H23NO3S. The highest BCUT2D eigenvalue weighted by Gasteiger charge is 2.48. The Morgan fingerprint density at radius 1 is 1.40 bits per heavy atom. The van der Waals surface area contributed by atoms with Crippen molar-refractivity contribution in [2.75, 3.05) is 6.61 Å². The zero-order chi connectivity index (χ0) is 17.6. The monoisotopic (exact) mass is 357 g/mol. The number of hydrogen-bond donors (Lipinski definition) is 2. The first-order chi connectivity index (χ1) is 12.0. The lowest BCUT2D eigenvalue weighted by Gasteiger charge is -2.09. The van der Waals surface area contributed by atoms with Gasteiger partial charge in [-0.25, -0.2) is 0 Å². The fraction of sp³-hybridized carbons (Fsp3) is 0.450. The number of thiophene rings is 1. The van der Waals surface area contributed by atoms with Gasteiger partial charge in [0.1, 0.15) is 12.4 Å². The highest BCUT2D eigenvalue weighted by atomic mass is 32.1. The van der Waals surface area contributed by atoms with Crippen molar-refractivity contribution in [2.24, 2.45) is 5.92 Å². The van der Waals surface area contributed by atoms with Gasteiger partial charge in [-0.2, -0.15) is 0 Å². The third-order valence-electron chi connectivity index (χ3n) is 5.07. The first-order valence-electron chi connectivity index (χ1n) is 8.83. The number of ether oxygens (including phenoxy) is 1. The molecule has 1 heterocycles. The summed E-state index contributed by atoms with van der Waals surface area (Å²) < 4.78 is 5.45. The van der Waals surface area contributed by atoms with Gasteiger partial charge in [0, 0.05) is 11.4 Å². The molecule has 25 heavy (non-hydrogen) atoms. The van der Waals surface area contributed by atoms with E-state index in [0.29, 0.717) is 6.54 Å². The number of aliphatic hydroxyl groups is 1. The number of aryl methyl sites for hydroxylation is 1. The summed E-state index contributed by atoms with van der Waals surface area (Å²) in [6.45, 7) is 4.62. The Morgan fingerprint density at radius 2 is 2.16 bits per heavy atom. The zero-order valence-corrected chi connectivity index (χ0v) is 15.4. The number of amides is 1. The van der Waals surface area contributed by atoms with Crippen LogP contribution in [0.3, 0.4) is 0 Å². The van der Waals surface area contributed by atoms with E-state index < -0.39 is 6.10 Å². The second-order valence-corrected chi connectivity index (χ2v) is 8.40. The zero-order valence-electron chi connectivity index (χ0n) is 14.5. The van der Waals surface area contributed by atoms with E-state index in [1.54, 1.807) is 18.3 Å². The van der Waals surface area contributed by atoms with E-state index in [1.165, 1.54) is 22.4 Å². The van der Waals surface area contributed by atoms with Crippen LogP contribution in [0, 0.1) is 12.8 Å². The maximum absolute atomic E-state index is 12.6. The summed E-state index contributed by atoms with van der Waals surface area (Å²) in [6.07, 6.45) is 1.92. The Morgan fingerprint density at radius 3 is 2.88 bits per heavy atom. The minimum Gasteiger partial charge on any atom is -0.491 e. The molecule has 1 saturated carbocycles. The Kier molecular flexibility index (Phi) is 4.29. The number of fused-ring (bicyclic) bond motifs is 3. The van der Waals surface area contributed by atoms with E-state index in [-0.39, 0.29) is 12.5 Å². The lowest BCUT2D eigenvalue weighted by atomic mass is 10.1. The SMILES string of the molecule is Cc1sc(C(=O)NCc2ccc(OCC(C)O)cc2)c2c1[C@@H]1C[C@@H]1C2. The molecule has 3 atom stereocenters. The summed E-state index contributed by atoms with van der Waals surface area (Å²) in [5, 5.41) is 12.3. The molecule has 0 spiro atoms. The molecule has 0 aliphatic heterocycles. The van der Waals surface area contributed by atoms with Crippen molar-refractivity contribution in [3.8, 4) is 5.75 Å². The molecule has 2 aliphatic rings. The van der Waals surface area contributed by atoms with Crippen molar-refractivity contribution in [1.29, 1.82) is 0 Å². The maximum Gasteiger partial charge on any atom is 0.261 e. The van der Waals surface area contributed by atoms with Crippen molar-refractivity contribution in [3.63, 3.8) is 0 Å². The Bertz CT molecular complexity index is 794. The Labute approximate surface area is 151 Å². The minimum absolute atomic E-state index is 0.0464. The molecular weight excluding hydrogens is 334 g/mol. The van der Waals surface area contributed by atoms with Crippen molar-refractivity contribution in [3.05, 3.63) is 50.7 Å². The van der Waals surface area contributed by atoms with Gasteiger partial charge in [-0.15, -0.1) is 11.3 Å². The molecule has 132 valence electrons. The first-order valence-corrected chi connectivity index (χ1v) is 9.64. The van der Waals surface area contributed by atoms with Gasteiger partial charge < -0.3 is 15.2 Å². The largest absolute Gasteiger partial charge is 0.491 e. The maximum atomic E-state index is 12.6. The van der Waals surface area contributed by atoms with Crippen molar-refractivity contribution in [2.45, 2.75) is 45.3 Å². The molecule has 4 rings (SSSR count). The number of aliphatic hydroxyl groups excluding tert-OH is 1. The van der Waals surface area contributed by atoms with Crippen molar-refractivity contribution >= 4 is 17.2 Å². The average molecular weight is 357 g/mol. The van der Waals surface area contributed by atoms with Crippen LogP contribution < -0.4 is 10.1 Å². The third kappa shape index (κ3) is 3.31. The molecule has 1 fully saturated rings. The molecule has 1 aromatic heterocycles. The van der Waals surface area contributed by atoms with Gasteiger partial charge in [0.05, 0.1) is 11.0 Å². The molecule has 1 aromatic carbocycles. The number of nitrogens with one attached hydrogen (secondary N) is 1. The van der Waals surface area contributed by atoms with Crippen LogP contribution in [-0.4, -0.2) is 23.7 Å². The molecule has 1 unspecified atom stereocenters. The fourth-order valence-electron chi connectivity index (χ4n) is 3.75. The summed E-state index contributed by atoms with van der Waals surface area (Å²) in [4.78, 5) is 14.8. The van der Waals surface area contributed by atoms with Crippen LogP contribution >= 0.6 is 11.3 Å². The third-order valence-corrected chi connectivity index (χ3v) is 6.23. The molecule has 2 aromatic rings. The predicted molar refractivity (Wildman–Crippen MR) is 98.4 cm³/mol. The van der Waals surface area contributed by atoms with Gasteiger partial charge >= 0.3 is 0 Å². The molecule has 2 N–H and O–H groups in total. The number of carbonyl (C=O) groups excluding carboxylic acids is 1. The summed E-state index contributed by atoms with van der Waals surface area (Å²) in [6, 6.07) is 7.61. The second-order valence-electron chi connectivity index (χ2n) is 7.17. The smallest absolute Gasteiger partial charge is 0.261 e.